The van der Waals surface area contributed by atoms with Crippen LogP contribution in [0.4, 0.5) is 0 Å². The van der Waals surface area contributed by atoms with Gasteiger partial charge in [-0.15, -0.1) is 0 Å². The van der Waals surface area contributed by atoms with Gasteiger partial charge in [0, 0.05) is 25.2 Å². The zero-order valence-electron chi connectivity index (χ0n) is 11.1. The van der Waals surface area contributed by atoms with Gasteiger partial charge in [-0.05, 0) is 39.8 Å². The van der Waals surface area contributed by atoms with Crippen LogP contribution in [0.5, 0.6) is 0 Å². The highest BCUT2D eigenvalue weighted by Crippen LogP contribution is 2.29. The molecular formula is C13H25N3O. The van der Waals surface area contributed by atoms with Crippen LogP contribution < -0.4 is 5.73 Å². The topological polar surface area (TPSA) is 49.6 Å². The van der Waals surface area contributed by atoms with E-state index >= 15 is 0 Å². The van der Waals surface area contributed by atoms with Crippen LogP contribution >= 0.6 is 0 Å². The largest absolute Gasteiger partial charge is 0.338 e. The third-order valence-corrected chi connectivity index (χ3v) is 4.12. The minimum atomic E-state index is 0.0952. The second-order valence-electron chi connectivity index (χ2n) is 5.79. The molecule has 1 amide bonds. The Balaban J connectivity index is 1.97. The normalized spacial score (nSPS) is 33.6. The summed E-state index contributed by atoms with van der Waals surface area (Å²) in [6.07, 6.45) is 5.41. The van der Waals surface area contributed by atoms with E-state index in [9.17, 15) is 4.79 Å². The summed E-state index contributed by atoms with van der Waals surface area (Å²) in [5.41, 5.74) is 6.04. The maximum absolute atomic E-state index is 12.5. The van der Waals surface area contributed by atoms with E-state index in [2.05, 4.69) is 23.9 Å². The summed E-state index contributed by atoms with van der Waals surface area (Å²) in [6.45, 7) is 1.91. The lowest BCUT2D eigenvalue weighted by Crippen LogP contribution is -2.46. The molecule has 1 aliphatic heterocycles. The number of likely N-dealkylation sites (tertiary alicyclic amines) is 1. The summed E-state index contributed by atoms with van der Waals surface area (Å²) in [5, 5.41) is 0. The molecule has 0 aromatic carbocycles. The second kappa shape index (κ2) is 5.36. The summed E-state index contributed by atoms with van der Waals surface area (Å²) in [6, 6.07) is 0.508. The summed E-state index contributed by atoms with van der Waals surface area (Å²) < 4.78 is 0. The minimum Gasteiger partial charge on any atom is -0.338 e. The number of hydrogen-bond donors (Lipinski definition) is 1. The molecule has 2 aliphatic rings. The third kappa shape index (κ3) is 2.80. The maximum Gasteiger partial charge on any atom is 0.227 e. The van der Waals surface area contributed by atoms with Crippen LogP contribution in [0.1, 0.15) is 32.1 Å². The zero-order chi connectivity index (χ0) is 12.4. The van der Waals surface area contributed by atoms with Crippen molar-refractivity contribution in [3.05, 3.63) is 0 Å². The first kappa shape index (κ1) is 12.8. The highest BCUT2D eigenvalue weighted by atomic mass is 16.2. The quantitative estimate of drug-likeness (QED) is 0.787. The Hall–Kier alpha value is -0.610. The second-order valence-corrected chi connectivity index (χ2v) is 5.79. The molecule has 4 heteroatoms. The molecule has 0 aromatic heterocycles. The van der Waals surface area contributed by atoms with Gasteiger partial charge in [0.15, 0.2) is 0 Å². The van der Waals surface area contributed by atoms with Gasteiger partial charge in [-0.3, -0.25) is 4.79 Å². The molecule has 98 valence electrons. The van der Waals surface area contributed by atoms with Crippen molar-refractivity contribution in [2.45, 2.75) is 44.2 Å². The summed E-state index contributed by atoms with van der Waals surface area (Å²) in [4.78, 5) is 16.7. The maximum atomic E-state index is 12.5. The summed E-state index contributed by atoms with van der Waals surface area (Å²) in [5.74, 6) is 0.414. The molecule has 0 spiro atoms. The van der Waals surface area contributed by atoms with Gasteiger partial charge in [-0.1, -0.05) is 6.42 Å². The van der Waals surface area contributed by atoms with E-state index in [1.165, 1.54) is 0 Å². The van der Waals surface area contributed by atoms with Crippen molar-refractivity contribution in [1.82, 2.24) is 9.80 Å². The Labute approximate surface area is 104 Å². The fraction of sp³-hybridized carbons (Fsp3) is 0.923. The molecule has 3 atom stereocenters. The molecular weight excluding hydrogens is 214 g/mol. The SMILES string of the molecule is CN(C)CC1CCCN1C(=O)C1CCCC1N. The number of amides is 1. The van der Waals surface area contributed by atoms with E-state index in [-0.39, 0.29) is 12.0 Å². The molecule has 0 radical (unpaired) electrons. The van der Waals surface area contributed by atoms with Gasteiger partial charge >= 0.3 is 0 Å². The molecule has 0 bridgehead atoms. The highest BCUT2D eigenvalue weighted by Gasteiger charge is 2.37. The van der Waals surface area contributed by atoms with E-state index in [0.29, 0.717) is 11.9 Å². The van der Waals surface area contributed by atoms with Crippen LogP contribution in [0, 0.1) is 5.92 Å². The minimum absolute atomic E-state index is 0.0952. The molecule has 1 heterocycles. The summed E-state index contributed by atoms with van der Waals surface area (Å²) in [7, 11) is 4.14. The van der Waals surface area contributed by atoms with Crippen LogP contribution in [0.25, 0.3) is 0 Å². The smallest absolute Gasteiger partial charge is 0.227 e. The Morgan fingerprint density at radius 3 is 2.65 bits per heavy atom. The average Bonchev–Trinajstić information content (AvgIpc) is 2.85. The number of nitrogens with two attached hydrogens (primary N) is 1. The molecule has 0 aromatic rings. The van der Waals surface area contributed by atoms with Crippen molar-refractivity contribution < 1.29 is 4.79 Å². The lowest BCUT2D eigenvalue weighted by atomic mass is 10.0. The van der Waals surface area contributed by atoms with Gasteiger partial charge in [0.25, 0.3) is 0 Å². The van der Waals surface area contributed by atoms with Gasteiger partial charge in [0.2, 0.25) is 5.91 Å². The van der Waals surface area contributed by atoms with Crippen LogP contribution in [-0.2, 0) is 4.79 Å². The lowest BCUT2D eigenvalue weighted by molar-refractivity contribution is -0.136. The predicted molar refractivity (Wildman–Crippen MR) is 68.6 cm³/mol. The molecule has 1 saturated heterocycles. The van der Waals surface area contributed by atoms with E-state index < -0.39 is 0 Å². The first-order valence-electron chi connectivity index (χ1n) is 6.80. The van der Waals surface area contributed by atoms with Crippen molar-refractivity contribution in [3.63, 3.8) is 0 Å². The van der Waals surface area contributed by atoms with Gasteiger partial charge in [0.1, 0.15) is 0 Å². The monoisotopic (exact) mass is 239 g/mol. The molecule has 2 N–H and O–H groups in total. The Morgan fingerprint density at radius 1 is 1.29 bits per heavy atom. The van der Waals surface area contributed by atoms with Crippen LogP contribution in [0.2, 0.25) is 0 Å². The molecule has 4 nitrogen and oxygen atoms in total. The molecule has 1 aliphatic carbocycles. The number of carbonyl (C=O) groups excluding carboxylic acids is 1. The molecule has 2 rings (SSSR count). The molecule has 1 saturated carbocycles. The zero-order valence-corrected chi connectivity index (χ0v) is 11.1. The van der Waals surface area contributed by atoms with Crippen molar-refractivity contribution in [3.8, 4) is 0 Å². The third-order valence-electron chi connectivity index (χ3n) is 4.12. The van der Waals surface area contributed by atoms with Crippen molar-refractivity contribution in [2.75, 3.05) is 27.2 Å². The first-order valence-corrected chi connectivity index (χ1v) is 6.80. The molecule has 2 fully saturated rings. The van der Waals surface area contributed by atoms with Crippen molar-refractivity contribution in [2.24, 2.45) is 11.7 Å². The van der Waals surface area contributed by atoms with Crippen LogP contribution in [-0.4, -0.2) is 55.0 Å². The van der Waals surface area contributed by atoms with Gasteiger partial charge in [0.05, 0.1) is 5.92 Å². The Bertz CT molecular complexity index is 280. The van der Waals surface area contributed by atoms with Crippen molar-refractivity contribution >= 4 is 5.91 Å². The molecule has 3 unspecified atom stereocenters. The number of hydrogen-bond acceptors (Lipinski definition) is 3. The number of likely N-dealkylation sites (N-methyl/N-ethyl adjacent to an activating group) is 1. The van der Waals surface area contributed by atoms with E-state index in [0.717, 1.165) is 45.2 Å². The molecule has 17 heavy (non-hydrogen) atoms. The lowest BCUT2D eigenvalue weighted by Gasteiger charge is -2.30. The van der Waals surface area contributed by atoms with E-state index in [1.807, 2.05) is 0 Å². The van der Waals surface area contributed by atoms with Crippen LogP contribution in [0.3, 0.4) is 0 Å². The Morgan fingerprint density at radius 2 is 2.06 bits per heavy atom. The van der Waals surface area contributed by atoms with E-state index in [1.54, 1.807) is 0 Å². The number of nitrogens with zero attached hydrogens (tertiary/aromatic N) is 2. The van der Waals surface area contributed by atoms with Gasteiger partial charge < -0.3 is 15.5 Å². The van der Waals surface area contributed by atoms with Crippen LogP contribution in [0.15, 0.2) is 0 Å². The van der Waals surface area contributed by atoms with Gasteiger partial charge in [-0.25, -0.2) is 0 Å². The summed E-state index contributed by atoms with van der Waals surface area (Å²) >= 11 is 0. The highest BCUT2D eigenvalue weighted by molar-refractivity contribution is 5.80. The predicted octanol–water partition coefficient (Wildman–Crippen LogP) is 0.666. The standard InChI is InChI=1S/C13H25N3O/c1-15(2)9-10-5-4-8-16(10)13(17)11-6-3-7-12(11)14/h10-12H,3-9,14H2,1-2H3. The average molecular weight is 239 g/mol. The Kier molecular flexibility index (Phi) is 4.05. The number of rotatable bonds is 3. The number of carbonyl (C=O) groups is 1. The fourth-order valence-electron chi connectivity index (χ4n) is 3.25. The van der Waals surface area contributed by atoms with E-state index in [4.69, 9.17) is 5.73 Å². The van der Waals surface area contributed by atoms with Gasteiger partial charge in [-0.2, -0.15) is 0 Å². The first-order chi connectivity index (χ1) is 8.09. The fourth-order valence-corrected chi connectivity index (χ4v) is 3.25. The van der Waals surface area contributed by atoms with Crippen molar-refractivity contribution in [1.29, 1.82) is 0 Å².